The Balaban J connectivity index is 1.55. The first-order chi connectivity index (χ1) is 11.1. The number of hydrogen-bond acceptors (Lipinski definition) is 4. The van der Waals surface area contributed by atoms with Gasteiger partial charge in [-0.3, -0.25) is 4.79 Å². The molecule has 5 nitrogen and oxygen atoms in total. The fourth-order valence-electron chi connectivity index (χ4n) is 3.21. The molecule has 0 radical (unpaired) electrons. The second kappa shape index (κ2) is 6.93. The Hall–Kier alpha value is -1.53. The molecule has 3 rings (SSSR count). The molecule has 2 aromatic rings. The Morgan fingerprint density at radius 3 is 2.87 bits per heavy atom. The molecule has 1 aromatic carbocycles. The second-order valence-corrected chi connectivity index (χ2v) is 7.66. The van der Waals surface area contributed by atoms with Crippen LogP contribution in [0.2, 0.25) is 0 Å². The second-order valence-electron chi connectivity index (χ2n) is 6.33. The van der Waals surface area contributed by atoms with Crippen LogP contribution in [0.1, 0.15) is 43.7 Å². The number of aromatic amines is 1. The lowest BCUT2D eigenvalue weighted by molar-refractivity contribution is -0.120. The maximum Gasteiger partial charge on any atom is 0.230 e. The van der Waals surface area contributed by atoms with Crippen LogP contribution in [0, 0.1) is 0 Å². The standard InChI is InChI=1S/C17H24N4OS/c1-12(16-19-13-6-2-3-7-14(13)20-16)23-10-15(22)21-17(11-18)8-4-5-9-17/h2-3,6-7,12H,4-5,8-11,18H2,1H3,(H,19,20)(H,21,22). The molecule has 1 aliphatic carbocycles. The maximum atomic E-state index is 12.3. The molecule has 1 saturated carbocycles. The van der Waals surface area contributed by atoms with Gasteiger partial charge in [0.05, 0.1) is 27.6 Å². The first-order valence-electron chi connectivity index (χ1n) is 8.19. The molecule has 0 aliphatic heterocycles. The van der Waals surface area contributed by atoms with Gasteiger partial charge in [0, 0.05) is 6.54 Å². The van der Waals surface area contributed by atoms with Crippen LogP contribution in [0.4, 0.5) is 0 Å². The summed E-state index contributed by atoms with van der Waals surface area (Å²) in [5, 5.41) is 3.30. The van der Waals surface area contributed by atoms with E-state index in [1.54, 1.807) is 11.8 Å². The first-order valence-corrected chi connectivity index (χ1v) is 9.24. The van der Waals surface area contributed by atoms with Gasteiger partial charge in [-0.2, -0.15) is 0 Å². The third-order valence-electron chi connectivity index (χ3n) is 4.61. The molecule has 6 heteroatoms. The van der Waals surface area contributed by atoms with Gasteiger partial charge in [0.2, 0.25) is 5.91 Å². The Morgan fingerprint density at radius 1 is 1.43 bits per heavy atom. The topological polar surface area (TPSA) is 83.8 Å². The molecular weight excluding hydrogens is 308 g/mol. The number of rotatable bonds is 6. The van der Waals surface area contributed by atoms with Crippen LogP contribution in [0.3, 0.4) is 0 Å². The van der Waals surface area contributed by atoms with E-state index in [1.165, 1.54) is 0 Å². The lowest BCUT2D eigenvalue weighted by atomic mass is 9.98. The van der Waals surface area contributed by atoms with Crippen molar-refractivity contribution in [3.05, 3.63) is 30.1 Å². The number of imidazole rings is 1. The number of hydrogen-bond donors (Lipinski definition) is 3. The summed E-state index contributed by atoms with van der Waals surface area (Å²) in [5.41, 5.74) is 7.70. The van der Waals surface area contributed by atoms with Gasteiger partial charge in [0.15, 0.2) is 0 Å². The van der Waals surface area contributed by atoms with Gasteiger partial charge in [-0.05, 0) is 31.9 Å². The Bertz CT molecular complexity index is 645. The molecular formula is C17H24N4OS. The highest BCUT2D eigenvalue weighted by molar-refractivity contribution is 8.00. The molecule has 1 aliphatic rings. The van der Waals surface area contributed by atoms with Crippen molar-refractivity contribution in [1.29, 1.82) is 0 Å². The lowest BCUT2D eigenvalue weighted by Crippen LogP contribution is -2.52. The highest BCUT2D eigenvalue weighted by atomic mass is 32.2. The average molecular weight is 332 g/mol. The van der Waals surface area contributed by atoms with Crippen molar-refractivity contribution in [2.45, 2.75) is 43.4 Å². The van der Waals surface area contributed by atoms with Crippen molar-refractivity contribution in [3.8, 4) is 0 Å². The number of benzene rings is 1. The van der Waals surface area contributed by atoms with Gasteiger partial charge in [0.1, 0.15) is 5.82 Å². The molecule has 1 unspecified atom stereocenters. The molecule has 0 bridgehead atoms. The number of H-pyrrole nitrogens is 1. The minimum absolute atomic E-state index is 0.0744. The van der Waals surface area contributed by atoms with Crippen LogP contribution in [0.5, 0.6) is 0 Å². The fraction of sp³-hybridized carbons (Fsp3) is 0.529. The number of carbonyl (C=O) groups excluding carboxylic acids is 1. The van der Waals surface area contributed by atoms with E-state index < -0.39 is 0 Å². The molecule has 1 heterocycles. The van der Waals surface area contributed by atoms with Crippen molar-refractivity contribution < 1.29 is 4.79 Å². The van der Waals surface area contributed by atoms with Gasteiger partial charge in [-0.25, -0.2) is 4.98 Å². The molecule has 1 amide bonds. The van der Waals surface area contributed by atoms with Crippen LogP contribution < -0.4 is 11.1 Å². The van der Waals surface area contributed by atoms with Gasteiger partial charge in [0.25, 0.3) is 0 Å². The molecule has 4 N–H and O–H groups in total. The first kappa shape index (κ1) is 16.3. The van der Waals surface area contributed by atoms with Crippen LogP contribution in [0.25, 0.3) is 11.0 Å². The number of para-hydroxylation sites is 2. The molecule has 1 aromatic heterocycles. The summed E-state index contributed by atoms with van der Waals surface area (Å²) >= 11 is 1.60. The van der Waals surface area contributed by atoms with E-state index in [2.05, 4.69) is 22.2 Å². The lowest BCUT2D eigenvalue weighted by Gasteiger charge is -2.28. The van der Waals surface area contributed by atoms with E-state index >= 15 is 0 Å². The Kier molecular flexibility index (Phi) is 4.92. The minimum Gasteiger partial charge on any atom is -0.349 e. The summed E-state index contributed by atoms with van der Waals surface area (Å²) in [6, 6.07) is 7.97. The summed E-state index contributed by atoms with van der Waals surface area (Å²) in [4.78, 5) is 20.2. The average Bonchev–Trinajstić information content (AvgIpc) is 3.19. The van der Waals surface area contributed by atoms with E-state index in [0.717, 1.165) is 42.5 Å². The van der Waals surface area contributed by atoms with Crippen LogP contribution in [-0.2, 0) is 4.79 Å². The third-order valence-corrected chi connectivity index (χ3v) is 5.77. The van der Waals surface area contributed by atoms with Gasteiger partial charge < -0.3 is 16.0 Å². The largest absolute Gasteiger partial charge is 0.349 e. The Labute approximate surface area is 140 Å². The van der Waals surface area contributed by atoms with Crippen LogP contribution in [0.15, 0.2) is 24.3 Å². The minimum atomic E-state index is -0.166. The number of thioether (sulfide) groups is 1. The maximum absolute atomic E-state index is 12.3. The zero-order valence-corrected chi connectivity index (χ0v) is 14.3. The van der Waals surface area contributed by atoms with Gasteiger partial charge >= 0.3 is 0 Å². The van der Waals surface area contributed by atoms with Crippen LogP contribution in [-0.4, -0.2) is 33.7 Å². The van der Waals surface area contributed by atoms with Gasteiger partial charge in [-0.1, -0.05) is 25.0 Å². The van der Waals surface area contributed by atoms with Crippen molar-refractivity contribution in [3.63, 3.8) is 0 Å². The number of amides is 1. The Morgan fingerprint density at radius 2 is 2.17 bits per heavy atom. The van der Waals surface area contributed by atoms with E-state index in [-0.39, 0.29) is 16.7 Å². The zero-order chi connectivity index (χ0) is 16.3. The molecule has 23 heavy (non-hydrogen) atoms. The molecule has 1 fully saturated rings. The van der Waals surface area contributed by atoms with E-state index in [4.69, 9.17) is 5.73 Å². The van der Waals surface area contributed by atoms with Crippen molar-refractivity contribution in [2.24, 2.45) is 5.73 Å². The number of carbonyl (C=O) groups is 1. The van der Waals surface area contributed by atoms with E-state index in [1.807, 2.05) is 24.3 Å². The highest BCUT2D eigenvalue weighted by Gasteiger charge is 2.33. The molecule has 0 spiro atoms. The third kappa shape index (κ3) is 3.70. The predicted octanol–water partition coefficient (Wildman–Crippen LogP) is 2.74. The number of nitrogens with zero attached hydrogens (tertiary/aromatic N) is 1. The molecule has 1 atom stereocenters. The number of nitrogens with one attached hydrogen (secondary N) is 2. The number of fused-ring (bicyclic) bond motifs is 1. The fourth-order valence-corrected chi connectivity index (χ4v) is 3.95. The summed E-state index contributed by atoms with van der Waals surface area (Å²) in [7, 11) is 0. The van der Waals surface area contributed by atoms with Crippen LogP contribution >= 0.6 is 11.8 Å². The van der Waals surface area contributed by atoms with Gasteiger partial charge in [-0.15, -0.1) is 11.8 Å². The molecule has 0 saturated heterocycles. The smallest absolute Gasteiger partial charge is 0.230 e. The predicted molar refractivity (Wildman–Crippen MR) is 95.4 cm³/mol. The SMILES string of the molecule is CC(SCC(=O)NC1(CN)CCCC1)c1nc2ccccc2[nH]1. The quantitative estimate of drug-likeness (QED) is 0.759. The number of nitrogens with two attached hydrogens (primary N) is 1. The van der Waals surface area contributed by atoms with Crippen molar-refractivity contribution in [2.75, 3.05) is 12.3 Å². The monoisotopic (exact) mass is 332 g/mol. The summed E-state index contributed by atoms with van der Waals surface area (Å²) in [6.45, 7) is 2.60. The van der Waals surface area contributed by atoms with Crippen molar-refractivity contribution in [1.82, 2.24) is 15.3 Å². The van der Waals surface area contributed by atoms with E-state index in [0.29, 0.717) is 12.3 Å². The van der Waals surface area contributed by atoms with Crippen molar-refractivity contribution >= 4 is 28.7 Å². The highest BCUT2D eigenvalue weighted by Crippen LogP contribution is 2.30. The summed E-state index contributed by atoms with van der Waals surface area (Å²) in [5.74, 6) is 1.42. The number of aromatic nitrogens is 2. The summed E-state index contributed by atoms with van der Waals surface area (Å²) in [6.07, 6.45) is 4.30. The zero-order valence-electron chi connectivity index (χ0n) is 13.5. The summed E-state index contributed by atoms with van der Waals surface area (Å²) < 4.78 is 0. The normalized spacial score (nSPS) is 18.2. The van der Waals surface area contributed by atoms with E-state index in [9.17, 15) is 4.79 Å². The molecule has 124 valence electrons.